The molecule has 64 valence electrons. The summed E-state index contributed by atoms with van der Waals surface area (Å²) in [6.45, 7) is 0. The van der Waals surface area contributed by atoms with Crippen LogP contribution in [0.15, 0.2) is 23.7 Å². The van der Waals surface area contributed by atoms with Gasteiger partial charge in [-0.05, 0) is 6.08 Å². The van der Waals surface area contributed by atoms with Crippen molar-refractivity contribution in [1.29, 1.82) is 0 Å². The maximum Gasteiger partial charge on any atom is 0.172 e. The minimum absolute atomic E-state index is 0.156. The first-order chi connectivity index (χ1) is 5.75. The molecule has 0 aromatic heterocycles. The summed E-state index contributed by atoms with van der Waals surface area (Å²) >= 11 is 5.60. The smallest absolute Gasteiger partial charge is 0.172 e. The molecule has 0 aromatic rings. The summed E-state index contributed by atoms with van der Waals surface area (Å²) < 4.78 is 17.9. The molecule has 0 radical (unpaired) electrons. The van der Waals surface area contributed by atoms with Crippen LogP contribution in [-0.4, -0.2) is 12.5 Å². The minimum Gasteiger partial charge on any atom is -0.494 e. The zero-order valence-electron chi connectivity index (χ0n) is 6.60. The molecule has 1 nitrogen and oxygen atoms in total. The van der Waals surface area contributed by atoms with Gasteiger partial charge in [-0.15, -0.1) is 11.6 Å². The molecule has 0 amide bonds. The molecule has 0 spiro atoms. The van der Waals surface area contributed by atoms with E-state index in [2.05, 4.69) is 11.8 Å². The molecule has 0 aliphatic heterocycles. The van der Waals surface area contributed by atoms with Gasteiger partial charge in [-0.3, -0.25) is 0 Å². The maximum absolute atomic E-state index is 13.2. The molecule has 1 unspecified atom stereocenters. The van der Waals surface area contributed by atoms with Crippen molar-refractivity contribution in [3.8, 4) is 11.8 Å². The van der Waals surface area contributed by atoms with Crippen LogP contribution in [0.4, 0.5) is 4.39 Å². The van der Waals surface area contributed by atoms with Crippen molar-refractivity contribution in [3.05, 3.63) is 23.7 Å². The fourth-order valence-electron chi connectivity index (χ4n) is 0.807. The van der Waals surface area contributed by atoms with E-state index in [1.807, 2.05) is 0 Å². The van der Waals surface area contributed by atoms with E-state index in [1.54, 1.807) is 12.2 Å². The van der Waals surface area contributed by atoms with Gasteiger partial charge in [0, 0.05) is 6.42 Å². The lowest BCUT2D eigenvalue weighted by atomic mass is 10.2. The van der Waals surface area contributed by atoms with Crippen molar-refractivity contribution in [2.45, 2.75) is 11.8 Å². The fourth-order valence-corrected chi connectivity index (χ4v) is 0.992. The molecule has 0 fully saturated rings. The van der Waals surface area contributed by atoms with Gasteiger partial charge in [0.05, 0.1) is 7.11 Å². The van der Waals surface area contributed by atoms with Crippen LogP contribution < -0.4 is 0 Å². The Morgan fingerprint density at radius 3 is 3.17 bits per heavy atom. The van der Waals surface area contributed by atoms with Gasteiger partial charge in [-0.25, -0.2) is 4.39 Å². The number of alkyl halides is 1. The highest BCUT2D eigenvalue weighted by molar-refractivity contribution is 6.24. The van der Waals surface area contributed by atoms with E-state index in [9.17, 15) is 4.39 Å². The molecule has 1 aliphatic rings. The summed E-state index contributed by atoms with van der Waals surface area (Å²) in [6, 6.07) is 0. The second-order valence-corrected chi connectivity index (χ2v) is 2.64. The molecular formula is C9H8ClFO. The average molecular weight is 187 g/mol. The highest BCUT2D eigenvalue weighted by atomic mass is 35.5. The van der Waals surface area contributed by atoms with Gasteiger partial charge in [-0.1, -0.05) is 17.9 Å². The normalized spacial score (nSPS) is 31.1. The molecule has 0 saturated heterocycles. The van der Waals surface area contributed by atoms with Crippen molar-refractivity contribution in [1.82, 2.24) is 0 Å². The van der Waals surface area contributed by atoms with Crippen LogP contribution >= 0.6 is 11.6 Å². The van der Waals surface area contributed by atoms with Crippen LogP contribution in [-0.2, 0) is 4.74 Å². The third-order valence-corrected chi connectivity index (χ3v) is 1.70. The van der Waals surface area contributed by atoms with Crippen molar-refractivity contribution in [3.63, 3.8) is 0 Å². The van der Waals surface area contributed by atoms with Gasteiger partial charge in [0.1, 0.15) is 5.38 Å². The molecule has 12 heavy (non-hydrogen) atoms. The molecule has 0 heterocycles. The Morgan fingerprint density at radius 1 is 1.75 bits per heavy atom. The number of ether oxygens (including phenoxy) is 1. The first-order valence-electron chi connectivity index (χ1n) is 3.48. The van der Waals surface area contributed by atoms with Gasteiger partial charge in [0.25, 0.3) is 0 Å². The lowest BCUT2D eigenvalue weighted by Gasteiger charge is -2.05. The number of allylic oxidation sites excluding steroid dienone is 3. The van der Waals surface area contributed by atoms with Crippen molar-refractivity contribution < 1.29 is 9.13 Å². The van der Waals surface area contributed by atoms with Crippen LogP contribution in [0, 0.1) is 11.8 Å². The lowest BCUT2D eigenvalue weighted by Crippen LogP contribution is -2.01. The van der Waals surface area contributed by atoms with E-state index < -0.39 is 11.2 Å². The summed E-state index contributed by atoms with van der Waals surface area (Å²) in [6.07, 6.45) is 3.84. The van der Waals surface area contributed by atoms with Crippen LogP contribution in [0.25, 0.3) is 0 Å². The Balaban J connectivity index is 2.99. The number of hydrogen-bond donors (Lipinski definition) is 0. The van der Waals surface area contributed by atoms with Crippen molar-refractivity contribution in [2.75, 3.05) is 7.11 Å². The number of methoxy groups -OCH3 is 1. The first-order valence-corrected chi connectivity index (χ1v) is 3.92. The van der Waals surface area contributed by atoms with E-state index in [0.29, 0.717) is 6.42 Å². The molecule has 3 heteroatoms. The largest absolute Gasteiger partial charge is 0.494 e. The van der Waals surface area contributed by atoms with Gasteiger partial charge < -0.3 is 4.74 Å². The van der Waals surface area contributed by atoms with Crippen LogP contribution in [0.5, 0.6) is 0 Å². The summed E-state index contributed by atoms with van der Waals surface area (Å²) in [5, 5.41) is -0.884. The van der Waals surface area contributed by atoms with E-state index in [1.165, 1.54) is 7.11 Å². The molecule has 0 aromatic carbocycles. The Hall–Kier alpha value is -0.940. The third kappa shape index (κ3) is 2.02. The Bertz CT molecular complexity index is 283. The monoisotopic (exact) mass is 186 g/mol. The van der Waals surface area contributed by atoms with E-state index in [0.717, 1.165) is 0 Å². The first kappa shape index (κ1) is 9.15. The minimum atomic E-state index is -0.884. The maximum atomic E-state index is 13.2. The Morgan fingerprint density at radius 2 is 2.50 bits per heavy atom. The molecule has 0 N–H and O–H groups in total. The number of halogens is 2. The molecule has 1 aliphatic carbocycles. The third-order valence-electron chi connectivity index (χ3n) is 1.40. The van der Waals surface area contributed by atoms with Gasteiger partial charge in [0.15, 0.2) is 11.6 Å². The summed E-state index contributed by atoms with van der Waals surface area (Å²) in [5.74, 6) is 4.89. The fraction of sp³-hybridized carbons (Fsp3) is 0.333. The average Bonchev–Trinajstić information content (AvgIpc) is 2.07. The van der Waals surface area contributed by atoms with E-state index >= 15 is 0 Å². The highest BCUT2D eigenvalue weighted by Gasteiger charge is 2.13. The summed E-state index contributed by atoms with van der Waals surface area (Å²) in [5.41, 5.74) is 0. The van der Waals surface area contributed by atoms with Gasteiger partial charge >= 0.3 is 0 Å². The zero-order chi connectivity index (χ0) is 8.97. The van der Waals surface area contributed by atoms with Crippen LogP contribution in [0.1, 0.15) is 6.42 Å². The second-order valence-electron chi connectivity index (χ2n) is 2.21. The predicted molar refractivity (Wildman–Crippen MR) is 46.3 cm³/mol. The SMILES string of the molecule is COC1=C(\F)C(Cl)C#CC/C=C\1. The van der Waals surface area contributed by atoms with Crippen LogP contribution in [0.3, 0.4) is 0 Å². The summed E-state index contributed by atoms with van der Waals surface area (Å²) in [4.78, 5) is 0. The number of hydrogen-bond acceptors (Lipinski definition) is 1. The standard InChI is InChI=1S/C9H8ClFO/c1-12-8-6-4-2-3-5-7(10)9(8)11/h4,6-7H,2H2,1H3/b6-4-,9-8-. The van der Waals surface area contributed by atoms with Gasteiger partial charge in [-0.2, -0.15) is 0 Å². The zero-order valence-corrected chi connectivity index (χ0v) is 7.36. The Labute approximate surface area is 75.9 Å². The molecule has 0 saturated carbocycles. The molecule has 1 rings (SSSR count). The van der Waals surface area contributed by atoms with Crippen molar-refractivity contribution in [2.24, 2.45) is 0 Å². The molecular weight excluding hydrogens is 179 g/mol. The van der Waals surface area contributed by atoms with E-state index in [4.69, 9.17) is 16.3 Å². The summed E-state index contributed by atoms with van der Waals surface area (Å²) in [7, 11) is 1.40. The number of rotatable bonds is 1. The highest BCUT2D eigenvalue weighted by Crippen LogP contribution is 2.18. The predicted octanol–water partition coefficient (Wildman–Crippen LogP) is 2.38. The quantitative estimate of drug-likeness (QED) is 0.451. The topological polar surface area (TPSA) is 9.23 Å². The molecule has 1 atom stereocenters. The second kappa shape index (κ2) is 4.18. The lowest BCUT2D eigenvalue weighted by molar-refractivity contribution is 0.289. The van der Waals surface area contributed by atoms with Crippen LogP contribution in [0.2, 0.25) is 0 Å². The van der Waals surface area contributed by atoms with E-state index in [-0.39, 0.29) is 5.76 Å². The Kier molecular flexibility index (Phi) is 3.19. The van der Waals surface area contributed by atoms with Crippen molar-refractivity contribution >= 4 is 11.6 Å². The molecule has 0 bridgehead atoms. The van der Waals surface area contributed by atoms with Gasteiger partial charge in [0.2, 0.25) is 0 Å².